The van der Waals surface area contributed by atoms with Crippen LogP contribution in [-0.4, -0.2) is 18.7 Å². The highest BCUT2D eigenvalue weighted by atomic mass is 19.4. The Bertz CT molecular complexity index is 478. The number of hydrogen-bond donors (Lipinski definition) is 0. The largest absolute Gasteiger partial charge is 0.492 e. The van der Waals surface area contributed by atoms with Crippen molar-refractivity contribution in [3.63, 3.8) is 0 Å². The first-order valence-corrected chi connectivity index (χ1v) is 5.15. The van der Waals surface area contributed by atoms with Crippen LogP contribution in [0.2, 0.25) is 0 Å². The van der Waals surface area contributed by atoms with Gasteiger partial charge in [0.25, 0.3) is 0 Å². The number of carbonyl (C=O) groups excluding carboxylic acids is 2. The summed E-state index contributed by atoms with van der Waals surface area (Å²) in [6.45, 7) is 2.62. The molecule has 1 rings (SSSR count). The Morgan fingerprint density at radius 1 is 1.39 bits per heavy atom. The topological polar surface area (TPSA) is 43.4 Å². The molecule has 0 fully saturated rings. The van der Waals surface area contributed by atoms with E-state index in [9.17, 15) is 22.8 Å². The first-order valence-electron chi connectivity index (χ1n) is 5.15. The molecular weight excluding hydrogens is 249 g/mol. The number of carbonyl (C=O) groups is 2. The van der Waals surface area contributed by atoms with Crippen molar-refractivity contribution < 1.29 is 27.5 Å². The zero-order chi connectivity index (χ0) is 13.9. The Hall–Kier alpha value is -1.85. The zero-order valence-electron chi connectivity index (χ0n) is 9.80. The number of hydrogen-bond acceptors (Lipinski definition) is 3. The molecule has 1 aromatic rings. The van der Waals surface area contributed by atoms with Gasteiger partial charge in [0, 0.05) is 5.56 Å². The molecule has 0 amide bonds. The van der Waals surface area contributed by atoms with Gasteiger partial charge in [-0.15, -0.1) is 0 Å². The fourth-order valence-electron chi connectivity index (χ4n) is 1.49. The maximum atomic E-state index is 12.8. The van der Waals surface area contributed by atoms with E-state index < -0.39 is 23.3 Å². The summed E-state index contributed by atoms with van der Waals surface area (Å²) in [5, 5.41) is 0. The lowest BCUT2D eigenvalue weighted by molar-refractivity contribution is -0.138. The van der Waals surface area contributed by atoms with E-state index >= 15 is 0 Å². The number of Topliss-reactive ketones (excluding diaryl/α,β-unsaturated/α-hetero) is 1. The van der Waals surface area contributed by atoms with Gasteiger partial charge in [-0.1, -0.05) is 0 Å². The summed E-state index contributed by atoms with van der Waals surface area (Å²) in [5.41, 5.74) is -1.57. The Labute approximate surface area is 102 Å². The third kappa shape index (κ3) is 2.88. The quantitative estimate of drug-likeness (QED) is 0.617. The molecule has 18 heavy (non-hydrogen) atoms. The standard InChI is InChI=1S/C12H11F3O3/c1-3-18-11-9(7(2)17)4-8(6-16)5-10(11)12(13,14)15/h4-6H,3H2,1-2H3. The number of aldehydes is 1. The van der Waals surface area contributed by atoms with Crippen LogP contribution in [0.5, 0.6) is 5.75 Å². The summed E-state index contributed by atoms with van der Waals surface area (Å²) < 4.78 is 43.4. The number of benzene rings is 1. The molecule has 0 radical (unpaired) electrons. The molecule has 0 unspecified atom stereocenters. The van der Waals surface area contributed by atoms with Crippen molar-refractivity contribution in [3.05, 3.63) is 28.8 Å². The molecule has 3 nitrogen and oxygen atoms in total. The van der Waals surface area contributed by atoms with Gasteiger partial charge in [-0.3, -0.25) is 9.59 Å². The number of rotatable bonds is 4. The SMILES string of the molecule is CCOc1c(C(C)=O)cc(C=O)cc1C(F)(F)F. The molecule has 0 saturated heterocycles. The maximum absolute atomic E-state index is 12.8. The number of ketones is 1. The predicted octanol–water partition coefficient (Wildman–Crippen LogP) is 3.12. The summed E-state index contributed by atoms with van der Waals surface area (Å²) in [6.07, 6.45) is -4.43. The van der Waals surface area contributed by atoms with E-state index in [4.69, 9.17) is 4.74 Å². The van der Waals surface area contributed by atoms with Gasteiger partial charge in [0.15, 0.2) is 5.78 Å². The molecule has 98 valence electrons. The zero-order valence-corrected chi connectivity index (χ0v) is 9.80. The van der Waals surface area contributed by atoms with Gasteiger partial charge in [-0.25, -0.2) is 0 Å². The van der Waals surface area contributed by atoms with Crippen molar-refractivity contribution in [2.45, 2.75) is 20.0 Å². The van der Waals surface area contributed by atoms with Crippen LogP contribution in [0, 0.1) is 0 Å². The lowest BCUT2D eigenvalue weighted by Crippen LogP contribution is -2.13. The van der Waals surface area contributed by atoms with Gasteiger partial charge < -0.3 is 4.74 Å². The highest BCUT2D eigenvalue weighted by molar-refractivity contribution is 5.99. The third-order valence-electron chi connectivity index (χ3n) is 2.22. The molecule has 0 aliphatic rings. The van der Waals surface area contributed by atoms with Gasteiger partial charge in [0.2, 0.25) is 0 Å². The van der Waals surface area contributed by atoms with Crippen molar-refractivity contribution in [3.8, 4) is 5.75 Å². The Balaban J connectivity index is 3.59. The monoisotopic (exact) mass is 260 g/mol. The molecule has 0 N–H and O–H groups in total. The van der Waals surface area contributed by atoms with Crippen molar-refractivity contribution in [1.29, 1.82) is 0 Å². The van der Waals surface area contributed by atoms with E-state index in [1.54, 1.807) is 0 Å². The van der Waals surface area contributed by atoms with Crippen LogP contribution in [0.1, 0.15) is 40.1 Å². The molecule has 0 bridgehead atoms. The molecule has 0 aliphatic heterocycles. The van der Waals surface area contributed by atoms with Crippen molar-refractivity contribution in [2.75, 3.05) is 6.61 Å². The van der Waals surface area contributed by atoms with Crippen molar-refractivity contribution in [2.24, 2.45) is 0 Å². The van der Waals surface area contributed by atoms with E-state index in [1.165, 1.54) is 6.92 Å². The van der Waals surface area contributed by atoms with Crippen LogP contribution >= 0.6 is 0 Å². The minimum Gasteiger partial charge on any atom is -0.492 e. The summed E-state index contributed by atoms with van der Waals surface area (Å²) in [5.74, 6) is -1.12. The highest BCUT2D eigenvalue weighted by Gasteiger charge is 2.36. The smallest absolute Gasteiger partial charge is 0.420 e. The summed E-state index contributed by atoms with van der Waals surface area (Å²) in [7, 11) is 0. The Morgan fingerprint density at radius 2 is 2.00 bits per heavy atom. The second-order valence-corrected chi connectivity index (χ2v) is 3.55. The molecular formula is C12H11F3O3. The third-order valence-corrected chi connectivity index (χ3v) is 2.22. The van der Waals surface area contributed by atoms with E-state index in [-0.39, 0.29) is 24.0 Å². The van der Waals surface area contributed by atoms with Crippen LogP contribution < -0.4 is 4.74 Å². The maximum Gasteiger partial charge on any atom is 0.420 e. The Kier molecular flexibility index (Phi) is 4.11. The molecule has 1 aromatic carbocycles. The molecule has 0 saturated carbocycles. The van der Waals surface area contributed by atoms with Crippen LogP contribution in [-0.2, 0) is 6.18 Å². The lowest BCUT2D eigenvalue weighted by atomic mass is 10.0. The van der Waals surface area contributed by atoms with Crippen molar-refractivity contribution >= 4 is 12.1 Å². The van der Waals surface area contributed by atoms with Gasteiger partial charge in [0.1, 0.15) is 12.0 Å². The minimum absolute atomic E-state index is 0.0101. The normalized spacial score (nSPS) is 11.2. The fourth-order valence-corrected chi connectivity index (χ4v) is 1.49. The molecule has 0 atom stereocenters. The van der Waals surface area contributed by atoms with Crippen LogP contribution in [0.15, 0.2) is 12.1 Å². The predicted molar refractivity (Wildman–Crippen MR) is 58.0 cm³/mol. The van der Waals surface area contributed by atoms with Gasteiger partial charge in [0.05, 0.1) is 17.7 Å². The van der Waals surface area contributed by atoms with E-state index in [1.807, 2.05) is 0 Å². The number of ether oxygens (including phenoxy) is 1. The molecule has 0 aliphatic carbocycles. The van der Waals surface area contributed by atoms with Crippen LogP contribution in [0.4, 0.5) is 13.2 Å². The summed E-state index contributed by atoms with van der Waals surface area (Å²) in [4.78, 5) is 21.9. The molecule has 0 aromatic heterocycles. The van der Waals surface area contributed by atoms with E-state index in [2.05, 4.69) is 0 Å². The van der Waals surface area contributed by atoms with Crippen LogP contribution in [0.3, 0.4) is 0 Å². The second-order valence-electron chi connectivity index (χ2n) is 3.55. The summed E-state index contributed by atoms with van der Waals surface area (Å²) >= 11 is 0. The van der Waals surface area contributed by atoms with E-state index in [0.717, 1.165) is 13.0 Å². The summed E-state index contributed by atoms with van der Waals surface area (Å²) in [6, 6.07) is 1.76. The average molecular weight is 260 g/mol. The van der Waals surface area contributed by atoms with Gasteiger partial charge >= 0.3 is 6.18 Å². The Morgan fingerprint density at radius 3 is 2.39 bits per heavy atom. The van der Waals surface area contributed by atoms with Crippen LogP contribution in [0.25, 0.3) is 0 Å². The number of alkyl halides is 3. The fraction of sp³-hybridized carbons (Fsp3) is 0.333. The van der Waals surface area contributed by atoms with E-state index in [0.29, 0.717) is 6.07 Å². The molecule has 0 spiro atoms. The lowest BCUT2D eigenvalue weighted by Gasteiger charge is -2.16. The molecule has 0 heterocycles. The number of halogens is 3. The van der Waals surface area contributed by atoms with Gasteiger partial charge in [-0.05, 0) is 26.0 Å². The second kappa shape index (κ2) is 5.20. The van der Waals surface area contributed by atoms with Gasteiger partial charge in [-0.2, -0.15) is 13.2 Å². The molecule has 6 heteroatoms. The minimum atomic E-state index is -4.69. The highest BCUT2D eigenvalue weighted by Crippen LogP contribution is 2.39. The van der Waals surface area contributed by atoms with Crippen molar-refractivity contribution in [1.82, 2.24) is 0 Å². The average Bonchev–Trinajstić information content (AvgIpc) is 2.27. The first-order chi connectivity index (χ1) is 8.31. The first kappa shape index (κ1) is 14.2.